The number of carboxylic acids is 1. The third kappa shape index (κ3) is 3.29. The first-order valence-electron chi connectivity index (χ1n) is 7.63. The third-order valence-electron chi connectivity index (χ3n) is 4.30. The van der Waals surface area contributed by atoms with Crippen LogP contribution in [0.25, 0.3) is 0 Å². The van der Waals surface area contributed by atoms with E-state index in [9.17, 15) is 23.1 Å². The maximum Gasteiger partial charge on any atom is 0.338 e. The zero-order chi connectivity index (χ0) is 18.1. The number of sulfonamides is 1. The molecule has 1 aromatic carbocycles. The van der Waals surface area contributed by atoms with Crippen molar-refractivity contribution in [3.05, 3.63) is 29.3 Å². The number of carbonyl (C=O) groups excluding carboxylic acids is 1. The van der Waals surface area contributed by atoms with Crippen molar-refractivity contribution in [2.45, 2.75) is 32.1 Å². The van der Waals surface area contributed by atoms with Crippen LogP contribution in [0.15, 0.2) is 23.1 Å². The zero-order valence-electron chi connectivity index (χ0n) is 13.9. The number of hydrogen-bond acceptors (Lipinski definition) is 5. The zero-order valence-corrected chi connectivity index (χ0v) is 14.7. The molecule has 1 atom stereocenters. The molecular formula is C16H21NO6S. The lowest BCUT2D eigenvalue weighted by atomic mass is 9.90. The fourth-order valence-corrected chi connectivity index (χ4v) is 4.23. The molecule has 0 spiro atoms. The minimum absolute atomic E-state index is 0.0363. The molecule has 1 N–H and O–H groups in total. The highest BCUT2D eigenvalue weighted by molar-refractivity contribution is 7.89. The van der Waals surface area contributed by atoms with Crippen molar-refractivity contribution in [1.82, 2.24) is 4.31 Å². The smallest absolute Gasteiger partial charge is 0.338 e. The molecule has 0 amide bonds. The summed E-state index contributed by atoms with van der Waals surface area (Å²) in [7, 11) is -3.87. The molecule has 132 valence electrons. The molecule has 1 fully saturated rings. The standard InChI is InChI=1S/C16H21NO6S/c1-4-23-14(18)13-9-12(6-5-11(13)2)24(21,22)17-8-7-16(3,10-17)15(19)20/h5-6,9H,4,7-8,10H2,1-3H3,(H,19,20). The van der Waals surface area contributed by atoms with E-state index in [1.165, 1.54) is 19.1 Å². The Morgan fingerprint density at radius 1 is 1.38 bits per heavy atom. The van der Waals surface area contributed by atoms with Crippen molar-refractivity contribution >= 4 is 22.0 Å². The summed E-state index contributed by atoms with van der Waals surface area (Å²) >= 11 is 0. The van der Waals surface area contributed by atoms with Crippen LogP contribution in [0.3, 0.4) is 0 Å². The van der Waals surface area contributed by atoms with Crippen LogP contribution in [-0.4, -0.2) is 49.5 Å². The van der Waals surface area contributed by atoms with Gasteiger partial charge in [0.25, 0.3) is 0 Å². The van der Waals surface area contributed by atoms with E-state index in [-0.39, 0.29) is 36.6 Å². The quantitative estimate of drug-likeness (QED) is 0.806. The van der Waals surface area contributed by atoms with Gasteiger partial charge in [0.05, 0.1) is 22.5 Å². The second-order valence-electron chi connectivity index (χ2n) is 6.15. The fourth-order valence-electron chi connectivity index (χ4n) is 2.64. The Morgan fingerprint density at radius 3 is 2.58 bits per heavy atom. The number of hydrogen-bond donors (Lipinski definition) is 1. The number of aryl methyl sites for hydroxylation is 1. The molecule has 1 aromatic rings. The van der Waals surface area contributed by atoms with Gasteiger partial charge in [0.15, 0.2) is 0 Å². The summed E-state index contributed by atoms with van der Waals surface area (Å²) in [6, 6.07) is 4.26. The first-order valence-corrected chi connectivity index (χ1v) is 9.07. The van der Waals surface area contributed by atoms with Crippen LogP contribution in [0.5, 0.6) is 0 Å². The molecule has 7 nitrogen and oxygen atoms in total. The number of carbonyl (C=O) groups is 2. The number of esters is 1. The molecule has 8 heteroatoms. The number of ether oxygens (including phenoxy) is 1. The van der Waals surface area contributed by atoms with E-state index >= 15 is 0 Å². The highest BCUT2D eigenvalue weighted by atomic mass is 32.2. The Bertz CT molecular complexity index is 773. The molecule has 1 unspecified atom stereocenters. The number of benzene rings is 1. The van der Waals surface area contributed by atoms with Crippen molar-refractivity contribution in [2.75, 3.05) is 19.7 Å². The fraction of sp³-hybridized carbons (Fsp3) is 0.500. The van der Waals surface area contributed by atoms with Gasteiger partial charge in [-0.1, -0.05) is 6.07 Å². The second kappa shape index (κ2) is 6.52. The van der Waals surface area contributed by atoms with Crippen molar-refractivity contribution in [3.8, 4) is 0 Å². The summed E-state index contributed by atoms with van der Waals surface area (Å²) in [4.78, 5) is 23.2. The lowest BCUT2D eigenvalue weighted by Gasteiger charge is -2.20. The Morgan fingerprint density at radius 2 is 2.04 bits per heavy atom. The summed E-state index contributed by atoms with van der Waals surface area (Å²) in [5.74, 6) is -1.60. The molecule has 24 heavy (non-hydrogen) atoms. The molecule has 0 bridgehead atoms. The summed E-state index contributed by atoms with van der Waals surface area (Å²) in [5, 5.41) is 9.26. The van der Waals surface area contributed by atoms with Gasteiger partial charge in [0.2, 0.25) is 10.0 Å². The van der Waals surface area contributed by atoms with E-state index < -0.39 is 27.4 Å². The van der Waals surface area contributed by atoms with Crippen LogP contribution in [0, 0.1) is 12.3 Å². The van der Waals surface area contributed by atoms with Gasteiger partial charge in [-0.05, 0) is 44.9 Å². The molecule has 2 rings (SSSR count). The largest absolute Gasteiger partial charge is 0.481 e. The Balaban J connectivity index is 2.36. The second-order valence-corrected chi connectivity index (χ2v) is 8.09. The van der Waals surface area contributed by atoms with Crippen LogP contribution in [0.2, 0.25) is 0 Å². The molecule has 1 saturated heterocycles. The molecule has 1 aliphatic rings. The topological polar surface area (TPSA) is 101 Å². The summed E-state index contributed by atoms with van der Waals surface area (Å²) in [6.07, 6.45) is 0.248. The molecule has 0 saturated carbocycles. The van der Waals surface area contributed by atoms with Gasteiger partial charge < -0.3 is 9.84 Å². The van der Waals surface area contributed by atoms with E-state index in [1.807, 2.05) is 0 Å². The van der Waals surface area contributed by atoms with Gasteiger partial charge in [-0.2, -0.15) is 4.31 Å². The molecule has 1 heterocycles. The number of nitrogens with zero attached hydrogens (tertiary/aromatic N) is 1. The van der Waals surface area contributed by atoms with Crippen LogP contribution >= 0.6 is 0 Å². The maximum absolute atomic E-state index is 12.8. The molecule has 1 aliphatic heterocycles. The SMILES string of the molecule is CCOC(=O)c1cc(S(=O)(=O)N2CCC(C)(C(=O)O)C2)ccc1C. The first kappa shape index (κ1) is 18.4. The lowest BCUT2D eigenvalue weighted by Crippen LogP contribution is -2.35. The van der Waals surface area contributed by atoms with Gasteiger partial charge in [0.1, 0.15) is 0 Å². The van der Waals surface area contributed by atoms with Crippen LogP contribution in [0.1, 0.15) is 36.2 Å². The van der Waals surface area contributed by atoms with Crippen molar-refractivity contribution in [1.29, 1.82) is 0 Å². The van der Waals surface area contributed by atoms with Gasteiger partial charge in [-0.15, -0.1) is 0 Å². The van der Waals surface area contributed by atoms with Crippen molar-refractivity contribution < 1.29 is 27.9 Å². The Hall–Kier alpha value is -1.93. The Labute approximate surface area is 141 Å². The van der Waals surface area contributed by atoms with Crippen LogP contribution in [-0.2, 0) is 19.6 Å². The summed E-state index contributed by atoms with van der Waals surface area (Å²) < 4.78 is 31.6. The average molecular weight is 355 g/mol. The van der Waals surface area contributed by atoms with E-state index in [0.717, 1.165) is 4.31 Å². The van der Waals surface area contributed by atoms with Gasteiger partial charge in [-0.3, -0.25) is 4.79 Å². The number of aliphatic carboxylic acids is 1. The average Bonchev–Trinajstić information content (AvgIpc) is 2.92. The Kier molecular flexibility index (Phi) is 5.00. The van der Waals surface area contributed by atoms with E-state index in [2.05, 4.69) is 0 Å². The molecule has 0 aliphatic carbocycles. The predicted octanol–water partition coefficient (Wildman–Crippen LogP) is 1.66. The first-order chi connectivity index (χ1) is 11.1. The van der Waals surface area contributed by atoms with E-state index in [4.69, 9.17) is 4.74 Å². The van der Waals surface area contributed by atoms with Gasteiger partial charge >= 0.3 is 11.9 Å². The highest BCUT2D eigenvalue weighted by Crippen LogP contribution is 2.34. The van der Waals surface area contributed by atoms with Crippen LogP contribution in [0.4, 0.5) is 0 Å². The normalized spacial score (nSPS) is 21.6. The van der Waals surface area contributed by atoms with E-state index in [0.29, 0.717) is 5.56 Å². The molecule has 0 radical (unpaired) electrons. The highest BCUT2D eigenvalue weighted by Gasteiger charge is 2.45. The van der Waals surface area contributed by atoms with Gasteiger partial charge in [0, 0.05) is 13.1 Å². The van der Waals surface area contributed by atoms with E-state index in [1.54, 1.807) is 19.9 Å². The van der Waals surface area contributed by atoms with Crippen LogP contribution < -0.4 is 0 Å². The van der Waals surface area contributed by atoms with Crippen molar-refractivity contribution in [3.63, 3.8) is 0 Å². The maximum atomic E-state index is 12.8. The molecular weight excluding hydrogens is 334 g/mol. The number of rotatable bonds is 5. The van der Waals surface area contributed by atoms with Crippen molar-refractivity contribution in [2.24, 2.45) is 5.41 Å². The third-order valence-corrected chi connectivity index (χ3v) is 6.14. The number of carboxylic acid groups (broad SMARTS) is 1. The lowest BCUT2D eigenvalue weighted by molar-refractivity contribution is -0.146. The molecule has 0 aromatic heterocycles. The summed E-state index contributed by atoms with van der Waals surface area (Å²) in [5.41, 5.74) is -0.288. The minimum Gasteiger partial charge on any atom is -0.481 e. The monoisotopic (exact) mass is 355 g/mol. The summed E-state index contributed by atoms with van der Waals surface area (Å²) in [6.45, 7) is 5.13. The minimum atomic E-state index is -3.87. The predicted molar refractivity (Wildman–Crippen MR) is 86.3 cm³/mol. The van der Waals surface area contributed by atoms with Gasteiger partial charge in [-0.25, -0.2) is 13.2 Å².